The summed E-state index contributed by atoms with van der Waals surface area (Å²) in [7, 11) is -3.54. The van der Waals surface area contributed by atoms with E-state index in [1.54, 1.807) is 11.8 Å². The fourth-order valence-corrected chi connectivity index (χ4v) is 4.25. The standard InChI is InChI=1S/C10H15N3O2S2/c11-9-3-4-12-6-10(9)17(14,15)13-8-2-1-5-16-7-8/h3-4,6,8,13H,1-2,5,7H2,(H2,11,12). The van der Waals surface area contributed by atoms with Gasteiger partial charge in [0.25, 0.3) is 0 Å². The average molecular weight is 273 g/mol. The molecule has 2 rings (SSSR count). The van der Waals surface area contributed by atoms with Crippen molar-refractivity contribution in [3.8, 4) is 0 Å². The summed E-state index contributed by atoms with van der Waals surface area (Å²) in [5.74, 6) is 1.92. The van der Waals surface area contributed by atoms with Crippen molar-refractivity contribution < 1.29 is 8.42 Å². The number of nitrogens with two attached hydrogens (primary N) is 1. The SMILES string of the molecule is Nc1ccncc1S(=O)(=O)NC1CCCSC1. The van der Waals surface area contributed by atoms with E-state index in [1.807, 2.05) is 0 Å². The van der Waals surface area contributed by atoms with Crippen molar-refractivity contribution >= 4 is 27.5 Å². The highest BCUT2D eigenvalue weighted by atomic mass is 32.2. The van der Waals surface area contributed by atoms with Crippen LogP contribution in [0.1, 0.15) is 12.8 Å². The highest BCUT2D eigenvalue weighted by molar-refractivity contribution is 7.99. The molecule has 17 heavy (non-hydrogen) atoms. The normalized spacial score (nSPS) is 21.3. The van der Waals surface area contributed by atoms with E-state index >= 15 is 0 Å². The first kappa shape index (κ1) is 12.7. The lowest BCUT2D eigenvalue weighted by Gasteiger charge is -2.22. The third kappa shape index (κ3) is 3.11. The van der Waals surface area contributed by atoms with Gasteiger partial charge < -0.3 is 5.73 Å². The van der Waals surface area contributed by atoms with Crippen LogP contribution < -0.4 is 10.5 Å². The van der Waals surface area contributed by atoms with Gasteiger partial charge in [-0.25, -0.2) is 13.1 Å². The van der Waals surface area contributed by atoms with Crippen LogP contribution in [0, 0.1) is 0 Å². The van der Waals surface area contributed by atoms with Gasteiger partial charge in [0.2, 0.25) is 10.0 Å². The molecule has 0 aliphatic carbocycles. The van der Waals surface area contributed by atoms with Gasteiger partial charge in [-0.3, -0.25) is 4.98 Å². The Bertz CT molecular complexity index is 484. The maximum atomic E-state index is 12.1. The molecule has 5 nitrogen and oxygen atoms in total. The van der Waals surface area contributed by atoms with Gasteiger partial charge in [0.15, 0.2) is 0 Å². The van der Waals surface area contributed by atoms with Crippen LogP contribution in [0.15, 0.2) is 23.4 Å². The number of aromatic nitrogens is 1. The van der Waals surface area contributed by atoms with Gasteiger partial charge in [-0.15, -0.1) is 0 Å². The van der Waals surface area contributed by atoms with E-state index in [4.69, 9.17) is 5.73 Å². The van der Waals surface area contributed by atoms with Crippen LogP contribution in [0.4, 0.5) is 5.69 Å². The summed E-state index contributed by atoms with van der Waals surface area (Å²) in [4.78, 5) is 3.87. The van der Waals surface area contributed by atoms with Crippen molar-refractivity contribution in [2.45, 2.75) is 23.8 Å². The second-order valence-electron chi connectivity index (χ2n) is 3.95. The number of rotatable bonds is 3. The number of nitrogen functional groups attached to an aromatic ring is 1. The van der Waals surface area contributed by atoms with Gasteiger partial charge in [-0.05, 0) is 24.7 Å². The Balaban J connectivity index is 2.16. The molecule has 0 saturated carbocycles. The minimum Gasteiger partial charge on any atom is -0.398 e. The van der Waals surface area contributed by atoms with Crippen LogP contribution in [0.25, 0.3) is 0 Å². The number of nitrogens with zero attached hydrogens (tertiary/aromatic N) is 1. The molecule has 1 fully saturated rings. The fraction of sp³-hybridized carbons (Fsp3) is 0.500. The molecular weight excluding hydrogens is 258 g/mol. The maximum Gasteiger partial charge on any atom is 0.244 e. The number of sulfonamides is 1. The van der Waals surface area contributed by atoms with Crippen molar-refractivity contribution in [1.82, 2.24) is 9.71 Å². The Morgan fingerprint density at radius 3 is 3.00 bits per heavy atom. The van der Waals surface area contributed by atoms with E-state index in [9.17, 15) is 8.42 Å². The van der Waals surface area contributed by atoms with Crippen LogP contribution >= 0.6 is 11.8 Å². The van der Waals surface area contributed by atoms with Gasteiger partial charge in [-0.2, -0.15) is 11.8 Å². The van der Waals surface area contributed by atoms with Gasteiger partial charge >= 0.3 is 0 Å². The molecule has 1 aliphatic rings. The molecule has 3 N–H and O–H groups in total. The predicted molar refractivity (Wildman–Crippen MR) is 69.3 cm³/mol. The molecular formula is C10H15N3O2S2. The Kier molecular flexibility index (Phi) is 3.90. The topological polar surface area (TPSA) is 85.1 Å². The van der Waals surface area contributed by atoms with E-state index < -0.39 is 10.0 Å². The van der Waals surface area contributed by atoms with Crippen LogP contribution in [0.2, 0.25) is 0 Å². The van der Waals surface area contributed by atoms with Gasteiger partial charge in [0.1, 0.15) is 4.90 Å². The first-order chi connectivity index (χ1) is 8.09. The van der Waals surface area contributed by atoms with Gasteiger partial charge in [-0.1, -0.05) is 0 Å². The van der Waals surface area contributed by atoms with Crippen molar-refractivity contribution in [2.24, 2.45) is 0 Å². The van der Waals surface area contributed by atoms with E-state index in [2.05, 4.69) is 9.71 Å². The smallest absolute Gasteiger partial charge is 0.244 e. The number of anilines is 1. The second-order valence-corrected chi connectivity index (χ2v) is 6.78. The van der Waals surface area contributed by atoms with E-state index in [0.717, 1.165) is 24.3 Å². The molecule has 2 heterocycles. The van der Waals surface area contributed by atoms with Crippen molar-refractivity contribution in [1.29, 1.82) is 0 Å². The van der Waals surface area contributed by atoms with Crippen LogP contribution in [-0.4, -0.2) is 30.9 Å². The minimum atomic E-state index is -3.54. The highest BCUT2D eigenvalue weighted by Gasteiger charge is 2.23. The number of hydrogen-bond acceptors (Lipinski definition) is 5. The summed E-state index contributed by atoms with van der Waals surface area (Å²) >= 11 is 1.77. The number of hydrogen-bond donors (Lipinski definition) is 2. The molecule has 0 amide bonds. The molecule has 0 spiro atoms. The average Bonchev–Trinajstić information content (AvgIpc) is 2.30. The molecule has 0 bridgehead atoms. The van der Waals surface area contributed by atoms with Crippen molar-refractivity contribution in [3.05, 3.63) is 18.5 Å². The van der Waals surface area contributed by atoms with Crippen LogP contribution in [0.3, 0.4) is 0 Å². The predicted octanol–water partition coefficient (Wildman–Crippen LogP) is 0.838. The van der Waals surface area contributed by atoms with Crippen LogP contribution in [-0.2, 0) is 10.0 Å². The monoisotopic (exact) mass is 273 g/mol. The Hall–Kier alpha value is -0.790. The molecule has 0 radical (unpaired) electrons. The summed E-state index contributed by atoms with van der Waals surface area (Å²) in [6.07, 6.45) is 4.69. The second kappa shape index (κ2) is 5.24. The lowest BCUT2D eigenvalue weighted by molar-refractivity contribution is 0.543. The third-order valence-electron chi connectivity index (χ3n) is 2.59. The van der Waals surface area contributed by atoms with E-state index in [-0.39, 0.29) is 16.6 Å². The summed E-state index contributed by atoms with van der Waals surface area (Å²) in [6, 6.07) is 1.49. The summed E-state index contributed by atoms with van der Waals surface area (Å²) < 4.78 is 26.8. The van der Waals surface area contributed by atoms with Crippen molar-refractivity contribution in [3.63, 3.8) is 0 Å². The molecule has 1 unspecified atom stereocenters. The molecule has 1 saturated heterocycles. The largest absolute Gasteiger partial charge is 0.398 e. The quantitative estimate of drug-likeness (QED) is 0.852. The molecule has 1 aromatic rings. The number of thioether (sulfide) groups is 1. The summed E-state index contributed by atoms with van der Waals surface area (Å²) in [5.41, 5.74) is 5.88. The lowest BCUT2D eigenvalue weighted by atomic mass is 10.2. The highest BCUT2D eigenvalue weighted by Crippen LogP contribution is 2.21. The first-order valence-electron chi connectivity index (χ1n) is 5.39. The molecule has 94 valence electrons. The zero-order chi connectivity index (χ0) is 12.3. The van der Waals surface area contributed by atoms with Gasteiger partial charge in [0.05, 0.1) is 5.69 Å². The number of pyridine rings is 1. The lowest BCUT2D eigenvalue weighted by Crippen LogP contribution is -2.38. The third-order valence-corrected chi connectivity index (χ3v) is 5.37. The van der Waals surface area contributed by atoms with Gasteiger partial charge in [0, 0.05) is 24.2 Å². The summed E-state index contributed by atoms with van der Waals surface area (Å²) in [6.45, 7) is 0. The van der Waals surface area contributed by atoms with Crippen LogP contribution in [0.5, 0.6) is 0 Å². The van der Waals surface area contributed by atoms with E-state index in [1.165, 1.54) is 18.5 Å². The zero-order valence-corrected chi connectivity index (χ0v) is 10.9. The number of nitrogens with one attached hydrogen (secondary N) is 1. The van der Waals surface area contributed by atoms with E-state index in [0.29, 0.717) is 0 Å². The maximum absolute atomic E-state index is 12.1. The van der Waals surface area contributed by atoms with Crippen molar-refractivity contribution in [2.75, 3.05) is 17.2 Å². The Morgan fingerprint density at radius 1 is 1.53 bits per heavy atom. The fourth-order valence-electron chi connectivity index (χ4n) is 1.73. The molecule has 7 heteroatoms. The summed E-state index contributed by atoms with van der Waals surface area (Å²) in [5, 5.41) is 0. The molecule has 1 aromatic heterocycles. The first-order valence-corrected chi connectivity index (χ1v) is 8.03. The Morgan fingerprint density at radius 2 is 2.35 bits per heavy atom. The zero-order valence-electron chi connectivity index (χ0n) is 9.30. The minimum absolute atomic E-state index is 0.00152. The molecule has 1 aliphatic heterocycles. The molecule has 1 atom stereocenters. The Labute approximate surface area is 105 Å². The molecule has 0 aromatic carbocycles.